The topological polar surface area (TPSA) is 105 Å². The normalized spacial score (nSPS) is 15.4. The monoisotopic (exact) mass is 431 g/mol. The second-order valence-electron chi connectivity index (χ2n) is 6.97. The van der Waals surface area contributed by atoms with Crippen molar-refractivity contribution in [2.75, 3.05) is 30.8 Å². The Balaban J connectivity index is 1.62. The molecule has 1 heterocycles. The van der Waals surface area contributed by atoms with Gasteiger partial charge in [-0.3, -0.25) is 4.79 Å². The molecule has 1 fully saturated rings. The number of ether oxygens (including phenoxy) is 1. The molecule has 1 aliphatic rings. The van der Waals surface area contributed by atoms with Crippen LogP contribution in [-0.2, 0) is 19.6 Å². The molecule has 3 rings (SSSR count). The highest BCUT2D eigenvalue weighted by Crippen LogP contribution is 2.22. The lowest BCUT2D eigenvalue weighted by molar-refractivity contribution is -0.123. The third-order valence-electron chi connectivity index (χ3n) is 4.89. The van der Waals surface area contributed by atoms with E-state index in [0.29, 0.717) is 30.0 Å². The quantitative estimate of drug-likeness (QED) is 0.653. The van der Waals surface area contributed by atoms with Crippen molar-refractivity contribution >= 4 is 33.3 Å². The summed E-state index contributed by atoms with van der Waals surface area (Å²) in [5.41, 5.74) is 1.35. The van der Waals surface area contributed by atoms with Gasteiger partial charge < -0.3 is 15.4 Å². The van der Waals surface area contributed by atoms with Crippen molar-refractivity contribution in [3.8, 4) is 0 Å². The molecule has 0 bridgehead atoms. The number of amides is 1. The van der Waals surface area contributed by atoms with Crippen LogP contribution in [0.5, 0.6) is 0 Å². The van der Waals surface area contributed by atoms with Gasteiger partial charge in [0, 0.05) is 31.5 Å². The highest BCUT2D eigenvalue weighted by Gasteiger charge is 2.27. The number of carbonyl (C=O) groups excluding carboxylic acids is 2. The van der Waals surface area contributed by atoms with Crippen molar-refractivity contribution in [2.45, 2.75) is 30.8 Å². The van der Waals surface area contributed by atoms with Crippen molar-refractivity contribution in [2.24, 2.45) is 0 Å². The van der Waals surface area contributed by atoms with E-state index in [1.54, 1.807) is 31.3 Å². The Kier molecular flexibility index (Phi) is 6.73. The Bertz CT molecular complexity index is 1020. The number of nitrogens with one attached hydrogen (secondary N) is 2. The maximum absolute atomic E-state index is 12.6. The van der Waals surface area contributed by atoms with Gasteiger partial charge in [0.05, 0.1) is 10.5 Å². The van der Waals surface area contributed by atoms with Crippen LogP contribution in [0.25, 0.3) is 0 Å². The third-order valence-corrected chi connectivity index (χ3v) is 6.81. The summed E-state index contributed by atoms with van der Waals surface area (Å²) >= 11 is 0. The van der Waals surface area contributed by atoms with Gasteiger partial charge in [-0.25, -0.2) is 13.2 Å². The number of hydrogen-bond acceptors (Lipinski definition) is 6. The number of sulfonamides is 1. The molecule has 0 aliphatic carbocycles. The standard InChI is InChI=1S/C21H25N3O5S/c1-15(29-21(26)18-7-3-4-8-19(18)22-2)20(25)23-16-9-11-17(12-10-16)30(27,28)24-13-5-6-14-24/h3-4,7-12,15,22H,5-6,13-14H2,1-2H3,(H,23,25)/t15-/m0/s1. The summed E-state index contributed by atoms with van der Waals surface area (Å²) in [5, 5.41) is 5.54. The van der Waals surface area contributed by atoms with Crippen LogP contribution in [0, 0.1) is 0 Å². The minimum atomic E-state index is -3.51. The molecule has 0 unspecified atom stereocenters. The molecule has 0 spiro atoms. The van der Waals surface area contributed by atoms with E-state index in [2.05, 4.69) is 10.6 Å². The number of nitrogens with zero attached hydrogens (tertiary/aromatic N) is 1. The number of rotatable bonds is 7. The fourth-order valence-corrected chi connectivity index (χ4v) is 4.71. The smallest absolute Gasteiger partial charge is 0.341 e. The highest BCUT2D eigenvalue weighted by atomic mass is 32.2. The summed E-state index contributed by atoms with van der Waals surface area (Å²) in [6.45, 7) is 2.53. The molecule has 1 aliphatic heterocycles. The molecule has 2 aromatic rings. The minimum absolute atomic E-state index is 0.186. The predicted molar refractivity (Wildman–Crippen MR) is 114 cm³/mol. The maximum atomic E-state index is 12.6. The molecule has 0 radical (unpaired) electrons. The number of hydrogen-bond donors (Lipinski definition) is 2. The summed E-state index contributed by atoms with van der Waals surface area (Å²) in [4.78, 5) is 24.9. The molecule has 2 aromatic carbocycles. The first kappa shape index (κ1) is 21.8. The lowest BCUT2D eigenvalue weighted by Gasteiger charge is -2.17. The number of anilines is 2. The third kappa shape index (κ3) is 4.80. The second kappa shape index (κ2) is 9.27. The Labute approximate surface area is 176 Å². The average molecular weight is 432 g/mol. The first-order valence-corrected chi connectivity index (χ1v) is 11.2. The Hall–Kier alpha value is -2.91. The zero-order chi connectivity index (χ0) is 21.7. The van der Waals surface area contributed by atoms with Crippen LogP contribution in [0.4, 0.5) is 11.4 Å². The van der Waals surface area contributed by atoms with Crippen molar-refractivity contribution < 1.29 is 22.7 Å². The Morgan fingerprint density at radius 1 is 1.03 bits per heavy atom. The number of benzene rings is 2. The number of carbonyl (C=O) groups is 2. The molecule has 1 amide bonds. The van der Waals surface area contributed by atoms with Crippen LogP contribution >= 0.6 is 0 Å². The van der Waals surface area contributed by atoms with Crippen molar-refractivity contribution in [3.05, 3.63) is 54.1 Å². The molecule has 0 saturated carbocycles. The minimum Gasteiger partial charge on any atom is -0.449 e. The van der Waals surface area contributed by atoms with Gasteiger partial charge in [-0.1, -0.05) is 12.1 Å². The molecule has 30 heavy (non-hydrogen) atoms. The van der Waals surface area contributed by atoms with Gasteiger partial charge in [-0.2, -0.15) is 4.31 Å². The van der Waals surface area contributed by atoms with Crippen LogP contribution < -0.4 is 10.6 Å². The molecule has 1 saturated heterocycles. The fourth-order valence-electron chi connectivity index (χ4n) is 3.19. The zero-order valence-corrected chi connectivity index (χ0v) is 17.7. The molecular weight excluding hydrogens is 406 g/mol. The SMILES string of the molecule is CNc1ccccc1C(=O)O[C@@H](C)C(=O)Nc1ccc(S(=O)(=O)N2CCCC2)cc1. The molecule has 8 nitrogen and oxygen atoms in total. The largest absolute Gasteiger partial charge is 0.449 e. The van der Waals surface area contributed by atoms with Crippen molar-refractivity contribution in [3.63, 3.8) is 0 Å². The summed E-state index contributed by atoms with van der Waals surface area (Å²) in [7, 11) is -1.82. The van der Waals surface area contributed by atoms with E-state index in [4.69, 9.17) is 4.74 Å². The Morgan fingerprint density at radius 2 is 1.67 bits per heavy atom. The van der Waals surface area contributed by atoms with E-state index in [9.17, 15) is 18.0 Å². The summed E-state index contributed by atoms with van der Waals surface area (Å²) < 4.78 is 31.8. The van der Waals surface area contributed by atoms with E-state index < -0.39 is 28.0 Å². The predicted octanol–water partition coefficient (Wildman–Crippen LogP) is 2.70. The lowest BCUT2D eigenvalue weighted by Crippen LogP contribution is -2.30. The Morgan fingerprint density at radius 3 is 2.30 bits per heavy atom. The van der Waals surface area contributed by atoms with E-state index >= 15 is 0 Å². The molecule has 9 heteroatoms. The van der Waals surface area contributed by atoms with Crippen LogP contribution in [0.3, 0.4) is 0 Å². The molecule has 2 N–H and O–H groups in total. The zero-order valence-electron chi connectivity index (χ0n) is 16.9. The highest BCUT2D eigenvalue weighted by molar-refractivity contribution is 7.89. The second-order valence-corrected chi connectivity index (χ2v) is 8.91. The van der Waals surface area contributed by atoms with Crippen LogP contribution in [0.2, 0.25) is 0 Å². The van der Waals surface area contributed by atoms with Gasteiger partial charge in [0.1, 0.15) is 0 Å². The lowest BCUT2D eigenvalue weighted by atomic mass is 10.2. The van der Waals surface area contributed by atoms with Crippen LogP contribution in [0.15, 0.2) is 53.4 Å². The van der Waals surface area contributed by atoms with Gasteiger partial charge in [0.15, 0.2) is 6.10 Å². The van der Waals surface area contributed by atoms with Gasteiger partial charge in [0.2, 0.25) is 10.0 Å². The molecular formula is C21H25N3O5S. The molecule has 1 atom stereocenters. The van der Waals surface area contributed by atoms with Gasteiger partial charge in [-0.15, -0.1) is 0 Å². The number of para-hydroxylation sites is 1. The molecule has 160 valence electrons. The molecule has 0 aromatic heterocycles. The maximum Gasteiger partial charge on any atom is 0.341 e. The summed E-state index contributed by atoms with van der Waals surface area (Å²) in [6.07, 6.45) is 0.696. The first-order valence-electron chi connectivity index (χ1n) is 9.72. The van der Waals surface area contributed by atoms with E-state index in [1.807, 2.05) is 0 Å². The van der Waals surface area contributed by atoms with Gasteiger partial charge >= 0.3 is 5.97 Å². The van der Waals surface area contributed by atoms with Crippen LogP contribution in [-0.4, -0.2) is 50.8 Å². The van der Waals surface area contributed by atoms with Crippen LogP contribution in [0.1, 0.15) is 30.1 Å². The van der Waals surface area contributed by atoms with E-state index in [-0.39, 0.29) is 4.90 Å². The van der Waals surface area contributed by atoms with Crippen molar-refractivity contribution in [1.82, 2.24) is 4.31 Å². The number of esters is 1. The van der Waals surface area contributed by atoms with E-state index in [1.165, 1.54) is 35.5 Å². The summed E-state index contributed by atoms with van der Waals surface area (Å²) in [6, 6.07) is 12.8. The summed E-state index contributed by atoms with van der Waals surface area (Å²) in [5.74, 6) is -1.13. The van der Waals surface area contributed by atoms with Gasteiger partial charge in [-0.05, 0) is 56.2 Å². The van der Waals surface area contributed by atoms with Crippen molar-refractivity contribution in [1.29, 1.82) is 0 Å². The fraction of sp³-hybridized carbons (Fsp3) is 0.333. The first-order chi connectivity index (χ1) is 14.3. The van der Waals surface area contributed by atoms with E-state index in [0.717, 1.165) is 12.8 Å². The average Bonchev–Trinajstić information content (AvgIpc) is 3.30. The van der Waals surface area contributed by atoms with Gasteiger partial charge in [0.25, 0.3) is 5.91 Å².